The summed E-state index contributed by atoms with van der Waals surface area (Å²) in [7, 11) is 0. The Morgan fingerprint density at radius 1 is 1.30 bits per heavy atom. The zero-order valence-corrected chi connectivity index (χ0v) is 14.1. The van der Waals surface area contributed by atoms with Crippen LogP contribution in [-0.2, 0) is 4.79 Å². The lowest BCUT2D eigenvalue weighted by Gasteiger charge is -2.09. The number of rotatable bonds is 6. The van der Waals surface area contributed by atoms with Gasteiger partial charge in [-0.25, -0.2) is 0 Å². The number of hydrogen-bond acceptors (Lipinski definition) is 6. The van der Waals surface area contributed by atoms with Crippen molar-refractivity contribution in [2.75, 3.05) is 5.32 Å². The van der Waals surface area contributed by atoms with E-state index in [1.165, 1.54) is 16.9 Å². The summed E-state index contributed by atoms with van der Waals surface area (Å²) in [6, 6.07) is 9.17. The highest BCUT2D eigenvalue weighted by molar-refractivity contribution is 7.15. The fourth-order valence-electron chi connectivity index (χ4n) is 1.90. The molecule has 120 valence electrons. The van der Waals surface area contributed by atoms with Crippen LogP contribution >= 0.6 is 11.3 Å². The summed E-state index contributed by atoms with van der Waals surface area (Å²) >= 11 is 1.25. The number of hydrogen-bond donors (Lipinski definition) is 2. The zero-order valence-electron chi connectivity index (χ0n) is 13.3. The number of benzene rings is 1. The molecule has 0 fully saturated rings. The van der Waals surface area contributed by atoms with E-state index in [-0.39, 0.29) is 11.8 Å². The molecule has 2 aromatic rings. The first-order chi connectivity index (χ1) is 11.0. The largest absolute Gasteiger partial charge is 0.335 e. The molecule has 6 nitrogen and oxygen atoms in total. The molecule has 2 rings (SSSR count). The van der Waals surface area contributed by atoms with Crippen molar-refractivity contribution in [3.63, 3.8) is 0 Å². The second-order valence-electron chi connectivity index (χ2n) is 5.66. The second kappa shape index (κ2) is 7.70. The average Bonchev–Trinajstić information content (AvgIpc) is 2.95. The van der Waals surface area contributed by atoms with E-state index in [4.69, 9.17) is 0 Å². The third-order valence-corrected chi connectivity index (χ3v) is 3.92. The van der Waals surface area contributed by atoms with Gasteiger partial charge in [-0.3, -0.25) is 4.79 Å². The van der Waals surface area contributed by atoms with E-state index >= 15 is 0 Å². The van der Waals surface area contributed by atoms with Crippen molar-refractivity contribution in [2.24, 2.45) is 5.92 Å². The minimum Gasteiger partial charge on any atom is -0.335 e. The number of carbonyl (C=O) groups is 1. The molecule has 0 spiro atoms. The van der Waals surface area contributed by atoms with Gasteiger partial charge in [-0.15, -0.1) is 10.2 Å². The van der Waals surface area contributed by atoms with E-state index in [1.807, 2.05) is 45.0 Å². The molecule has 1 aromatic heterocycles. The molecular formula is C16H19N5OS. The smallest absolute Gasteiger partial charge is 0.221 e. The molecule has 1 aromatic carbocycles. The van der Waals surface area contributed by atoms with E-state index in [9.17, 15) is 10.1 Å². The van der Waals surface area contributed by atoms with Gasteiger partial charge in [0.05, 0.1) is 6.07 Å². The Kier molecular flexibility index (Phi) is 5.66. The quantitative estimate of drug-likeness (QED) is 0.848. The van der Waals surface area contributed by atoms with Gasteiger partial charge in [0.15, 0.2) is 11.0 Å². The van der Waals surface area contributed by atoms with Gasteiger partial charge in [0.1, 0.15) is 0 Å². The highest BCUT2D eigenvalue weighted by Gasteiger charge is 2.19. The predicted octanol–water partition coefficient (Wildman–Crippen LogP) is 3.32. The van der Waals surface area contributed by atoms with Crippen LogP contribution in [0.1, 0.15) is 36.9 Å². The van der Waals surface area contributed by atoms with Crippen LogP contribution in [0.15, 0.2) is 24.3 Å². The molecule has 0 saturated carbocycles. The van der Waals surface area contributed by atoms with E-state index in [1.54, 1.807) is 0 Å². The lowest BCUT2D eigenvalue weighted by molar-refractivity contribution is -0.122. The van der Waals surface area contributed by atoms with Gasteiger partial charge >= 0.3 is 0 Å². The van der Waals surface area contributed by atoms with Crippen LogP contribution in [0.2, 0.25) is 0 Å². The standard InChI is InChI=1S/C16H19N5OS/c1-10(2)8-14(22)19-13(9-17)15-20-21-16(23-15)18-12-6-4-11(3)5-7-12/h4-7,10,13H,8H2,1-3H3,(H,18,21)(H,19,22)/t13-/m1/s1. The number of aryl methyl sites for hydroxylation is 1. The number of nitrogens with one attached hydrogen (secondary N) is 2. The van der Waals surface area contributed by atoms with Gasteiger partial charge in [-0.2, -0.15) is 5.26 Å². The Hall–Kier alpha value is -2.46. The molecular weight excluding hydrogens is 310 g/mol. The molecule has 0 bridgehead atoms. The summed E-state index contributed by atoms with van der Waals surface area (Å²) in [5.74, 6) is 0.0809. The Labute approximate surface area is 139 Å². The topological polar surface area (TPSA) is 90.7 Å². The summed E-state index contributed by atoms with van der Waals surface area (Å²) in [6.07, 6.45) is 0.380. The van der Waals surface area contributed by atoms with Crippen LogP contribution in [0.5, 0.6) is 0 Å². The third-order valence-electron chi connectivity index (χ3n) is 3.02. The molecule has 1 atom stereocenters. The van der Waals surface area contributed by atoms with Crippen LogP contribution in [0, 0.1) is 24.2 Å². The molecule has 0 unspecified atom stereocenters. The Bertz CT molecular complexity index is 702. The summed E-state index contributed by atoms with van der Waals surface area (Å²) in [4.78, 5) is 11.8. The molecule has 7 heteroatoms. The first kappa shape index (κ1) is 16.9. The molecule has 1 amide bonds. The minimum absolute atomic E-state index is 0.158. The maximum atomic E-state index is 11.8. The highest BCUT2D eigenvalue weighted by Crippen LogP contribution is 2.24. The average molecular weight is 329 g/mol. The van der Waals surface area contributed by atoms with Gasteiger partial charge in [-0.05, 0) is 25.0 Å². The van der Waals surface area contributed by atoms with E-state index in [2.05, 4.69) is 26.9 Å². The number of amides is 1. The molecule has 2 N–H and O–H groups in total. The SMILES string of the molecule is Cc1ccc(Nc2nnc([C@@H](C#N)NC(=O)CC(C)C)s2)cc1. The second-order valence-corrected chi connectivity index (χ2v) is 6.67. The molecule has 0 saturated heterocycles. The normalized spacial score (nSPS) is 11.8. The predicted molar refractivity (Wildman–Crippen MR) is 90.3 cm³/mol. The van der Waals surface area contributed by atoms with Crippen molar-refractivity contribution in [2.45, 2.75) is 33.2 Å². The maximum absolute atomic E-state index is 11.8. The summed E-state index contributed by atoms with van der Waals surface area (Å²) in [5, 5.41) is 24.1. The van der Waals surface area contributed by atoms with E-state index in [0.717, 1.165) is 5.69 Å². The lowest BCUT2D eigenvalue weighted by atomic mass is 10.1. The molecule has 0 aliphatic rings. The Balaban J connectivity index is 2.03. The molecule has 0 radical (unpaired) electrons. The minimum atomic E-state index is -0.771. The van der Waals surface area contributed by atoms with Crippen molar-refractivity contribution in [3.05, 3.63) is 34.8 Å². The monoisotopic (exact) mass is 329 g/mol. The van der Waals surface area contributed by atoms with Gasteiger partial charge in [0.25, 0.3) is 0 Å². The van der Waals surface area contributed by atoms with Gasteiger partial charge in [0.2, 0.25) is 11.0 Å². The zero-order chi connectivity index (χ0) is 16.8. The number of nitriles is 1. The number of nitrogens with zero attached hydrogens (tertiary/aromatic N) is 3. The van der Waals surface area contributed by atoms with Crippen molar-refractivity contribution < 1.29 is 4.79 Å². The number of carbonyl (C=O) groups excluding carboxylic acids is 1. The summed E-state index contributed by atoms with van der Waals surface area (Å²) in [6.45, 7) is 5.93. The molecule has 0 aliphatic carbocycles. The highest BCUT2D eigenvalue weighted by atomic mass is 32.1. The molecule has 1 heterocycles. The fraction of sp³-hybridized carbons (Fsp3) is 0.375. The van der Waals surface area contributed by atoms with Crippen molar-refractivity contribution in [3.8, 4) is 6.07 Å². The first-order valence-corrected chi connectivity index (χ1v) is 8.15. The number of aromatic nitrogens is 2. The summed E-state index contributed by atoms with van der Waals surface area (Å²) in [5.41, 5.74) is 2.07. The van der Waals surface area contributed by atoms with Crippen LogP contribution in [0.4, 0.5) is 10.8 Å². The van der Waals surface area contributed by atoms with E-state index in [0.29, 0.717) is 16.6 Å². The maximum Gasteiger partial charge on any atom is 0.221 e. The third kappa shape index (κ3) is 5.04. The fourth-order valence-corrected chi connectivity index (χ4v) is 2.66. The van der Waals surface area contributed by atoms with Crippen LogP contribution in [0.25, 0.3) is 0 Å². The Morgan fingerprint density at radius 3 is 2.61 bits per heavy atom. The van der Waals surface area contributed by atoms with Crippen LogP contribution in [-0.4, -0.2) is 16.1 Å². The van der Waals surface area contributed by atoms with Gasteiger partial charge in [-0.1, -0.05) is 42.9 Å². The van der Waals surface area contributed by atoms with Crippen LogP contribution < -0.4 is 10.6 Å². The van der Waals surface area contributed by atoms with Crippen LogP contribution in [0.3, 0.4) is 0 Å². The van der Waals surface area contributed by atoms with Gasteiger partial charge in [0, 0.05) is 12.1 Å². The number of anilines is 2. The van der Waals surface area contributed by atoms with E-state index < -0.39 is 6.04 Å². The van der Waals surface area contributed by atoms with Crippen molar-refractivity contribution in [1.29, 1.82) is 5.26 Å². The molecule has 0 aliphatic heterocycles. The van der Waals surface area contributed by atoms with Gasteiger partial charge < -0.3 is 10.6 Å². The van der Waals surface area contributed by atoms with Crippen molar-refractivity contribution >= 4 is 28.1 Å². The Morgan fingerprint density at radius 2 is 2.00 bits per heavy atom. The first-order valence-electron chi connectivity index (χ1n) is 7.34. The summed E-state index contributed by atoms with van der Waals surface area (Å²) < 4.78 is 0. The molecule has 23 heavy (non-hydrogen) atoms. The van der Waals surface area contributed by atoms with Crippen molar-refractivity contribution in [1.82, 2.24) is 15.5 Å². The lowest BCUT2D eigenvalue weighted by Crippen LogP contribution is -2.28.